The number of hydrogen-bond donors (Lipinski definition) is 2. The van der Waals surface area contributed by atoms with Gasteiger partial charge in [-0.25, -0.2) is 0 Å². The van der Waals surface area contributed by atoms with Gasteiger partial charge in [-0.15, -0.1) is 0 Å². The standard InChI is InChI=1S/C16H29N3O3/c1-8-16(6,19(7)9-2)15(4,5)17-14(21)13-11(3)12(10-20)22-18-13/h20H,8-10H2,1-7H3,(H,17,21). The van der Waals surface area contributed by atoms with Gasteiger partial charge in [-0.3, -0.25) is 9.69 Å². The highest BCUT2D eigenvalue weighted by atomic mass is 16.5. The Bertz CT molecular complexity index is 525. The van der Waals surface area contributed by atoms with Crippen molar-refractivity contribution in [1.29, 1.82) is 0 Å². The molecule has 0 aliphatic carbocycles. The van der Waals surface area contributed by atoms with Gasteiger partial charge in [0, 0.05) is 11.1 Å². The molecule has 1 unspecified atom stereocenters. The molecule has 126 valence electrons. The first kappa shape index (κ1) is 18.6. The number of carbonyl (C=O) groups excluding carboxylic acids is 1. The molecule has 0 radical (unpaired) electrons. The summed E-state index contributed by atoms with van der Waals surface area (Å²) in [6, 6.07) is 0. The van der Waals surface area contributed by atoms with Crippen LogP contribution in [0.5, 0.6) is 0 Å². The van der Waals surface area contributed by atoms with E-state index in [1.807, 2.05) is 13.8 Å². The van der Waals surface area contributed by atoms with Crippen LogP contribution in [0.2, 0.25) is 0 Å². The van der Waals surface area contributed by atoms with Crippen LogP contribution < -0.4 is 5.32 Å². The van der Waals surface area contributed by atoms with E-state index in [1.165, 1.54) is 0 Å². The van der Waals surface area contributed by atoms with Crippen molar-refractivity contribution in [3.8, 4) is 0 Å². The second-order valence-electron chi connectivity index (χ2n) is 6.46. The van der Waals surface area contributed by atoms with Crippen molar-refractivity contribution < 1.29 is 14.4 Å². The molecule has 1 aromatic heterocycles. The Hall–Kier alpha value is -1.40. The molecule has 6 heteroatoms. The number of hydrogen-bond acceptors (Lipinski definition) is 5. The maximum absolute atomic E-state index is 12.6. The number of aliphatic hydroxyl groups excluding tert-OH is 1. The molecule has 2 N–H and O–H groups in total. The Morgan fingerprint density at radius 2 is 1.95 bits per heavy atom. The maximum Gasteiger partial charge on any atom is 0.274 e. The van der Waals surface area contributed by atoms with Crippen LogP contribution >= 0.6 is 0 Å². The number of aromatic nitrogens is 1. The number of likely N-dealkylation sites (N-methyl/N-ethyl adjacent to an activating group) is 1. The molecule has 0 spiro atoms. The molecule has 1 atom stereocenters. The first-order chi connectivity index (χ1) is 10.1. The molecule has 6 nitrogen and oxygen atoms in total. The lowest BCUT2D eigenvalue weighted by molar-refractivity contribution is 0.0406. The number of nitrogens with zero attached hydrogens (tertiary/aromatic N) is 2. The number of nitrogens with one attached hydrogen (secondary N) is 1. The largest absolute Gasteiger partial charge is 0.388 e. The molecular weight excluding hydrogens is 282 g/mol. The Balaban J connectivity index is 3.04. The summed E-state index contributed by atoms with van der Waals surface area (Å²) in [7, 11) is 2.06. The third kappa shape index (κ3) is 3.17. The van der Waals surface area contributed by atoms with Gasteiger partial charge in [-0.05, 0) is 47.7 Å². The first-order valence-electron chi connectivity index (χ1n) is 7.74. The molecule has 0 aliphatic heterocycles. The molecule has 22 heavy (non-hydrogen) atoms. The molecule has 1 aromatic rings. The zero-order chi connectivity index (χ0) is 17.1. The van der Waals surface area contributed by atoms with Crippen molar-refractivity contribution in [2.24, 2.45) is 0 Å². The molecule has 1 heterocycles. The van der Waals surface area contributed by atoms with Crippen LogP contribution in [0.15, 0.2) is 4.52 Å². The second kappa shape index (κ2) is 6.79. The van der Waals surface area contributed by atoms with E-state index in [0.29, 0.717) is 11.3 Å². The van der Waals surface area contributed by atoms with Gasteiger partial charge < -0.3 is 14.9 Å². The van der Waals surface area contributed by atoms with Gasteiger partial charge in [0.2, 0.25) is 0 Å². The second-order valence-corrected chi connectivity index (χ2v) is 6.46. The molecule has 0 saturated carbocycles. The lowest BCUT2D eigenvalue weighted by Gasteiger charge is -2.50. The van der Waals surface area contributed by atoms with Crippen LogP contribution in [0.25, 0.3) is 0 Å². The number of rotatable bonds is 7. The van der Waals surface area contributed by atoms with Gasteiger partial charge in [0.1, 0.15) is 6.61 Å². The van der Waals surface area contributed by atoms with Crippen molar-refractivity contribution in [2.75, 3.05) is 13.6 Å². The molecule has 0 aliphatic rings. The van der Waals surface area contributed by atoms with Gasteiger partial charge >= 0.3 is 0 Å². The van der Waals surface area contributed by atoms with E-state index in [1.54, 1.807) is 6.92 Å². The third-order valence-corrected chi connectivity index (χ3v) is 5.16. The van der Waals surface area contributed by atoms with Crippen molar-refractivity contribution >= 4 is 5.91 Å². The fraction of sp³-hybridized carbons (Fsp3) is 0.750. The summed E-state index contributed by atoms with van der Waals surface area (Å²) in [6.45, 7) is 12.7. The monoisotopic (exact) mass is 311 g/mol. The molecular formula is C16H29N3O3. The van der Waals surface area contributed by atoms with E-state index in [0.717, 1.165) is 13.0 Å². The van der Waals surface area contributed by atoms with Gasteiger partial charge in [-0.2, -0.15) is 0 Å². The minimum atomic E-state index is -0.464. The topological polar surface area (TPSA) is 78.6 Å². The van der Waals surface area contributed by atoms with Crippen molar-refractivity contribution in [1.82, 2.24) is 15.4 Å². The van der Waals surface area contributed by atoms with Crippen molar-refractivity contribution in [2.45, 2.75) is 65.6 Å². The van der Waals surface area contributed by atoms with E-state index in [-0.39, 0.29) is 23.7 Å². The van der Waals surface area contributed by atoms with Crippen LogP contribution in [0.1, 0.15) is 62.9 Å². The summed E-state index contributed by atoms with van der Waals surface area (Å²) < 4.78 is 4.99. The van der Waals surface area contributed by atoms with Gasteiger partial charge in [0.15, 0.2) is 11.5 Å². The zero-order valence-electron chi connectivity index (χ0n) is 14.8. The van der Waals surface area contributed by atoms with E-state index in [2.05, 4.69) is 43.2 Å². The van der Waals surface area contributed by atoms with Crippen LogP contribution in [0.4, 0.5) is 0 Å². The third-order valence-electron chi connectivity index (χ3n) is 5.16. The van der Waals surface area contributed by atoms with E-state index < -0.39 is 5.54 Å². The summed E-state index contributed by atoms with van der Waals surface area (Å²) in [4.78, 5) is 14.8. The fourth-order valence-corrected chi connectivity index (χ4v) is 2.74. The van der Waals surface area contributed by atoms with Crippen LogP contribution in [-0.4, -0.2) is 45.7 Å². The zero-order valence-corrected chi connectivity index (χ0v) is 14.8. The van der Waals surface area contributed by atoms with Gasteiger partial charge in [0.25, 0.3) is 5.91 Å². The maximum atomic E-state index is 12.6. The highest BCUT2D eigenvalue weighted by Crippen LogP contribution is 2.31. The highest BCUT2D eigenvalue weighted by molar-refractivity contribution is 5.94. The van der Waals surface area contributed by atoms with Crippen LogP contribution in [0.3, 0.4) is 0 Å². The lowest BCUT2D eigenvalue weighted by atomic mass is 9.77. The summed E-state index contributed by atoms with van der Waals surface area (Å²) in [5.41, 5.74) is 0.149. The Morgan fingerprint density at radius 1 is 1.36 bits per heavy atom. The summed E-state index contributed by atoms with van der Waals surface area (Å²) in [5.74, 6) is 0.0435. The van der Waals surface area contributed by atoms with E-state index in [9.17, 15) is 4.79 Å². The van der Waals surface area contributed by atoms with Crippen LogP contribution in [-0.2, 0) is 6.61 Å². The smallest absolute Gasteiger partial charge is 0.274 e. The predicted octanol–water partition coefficient (Wildman–Crippen LogP) is 2.10. The average Bonchev–Trinajstić information content (AvgIpc) is 2.85. The van der Waals surface area contributed by atoms with E-state index in [4.69, 9.17) is 9.63 Å². The average molecular weight is 311 g/mol. The number of carbonyl (C=O) groups is 1. The van der Waals surface area contributed by atoms with Crippen LogP contribution in [0, 0.1) is 6.92 Å². The van der Waals surface area contributed by atoms with Gasteiger partial charge in [-0.1, -0.05) is 19.0 Å². The van der Waals surface area contributed by atoms with Gasteiger partial charge in [0.05, 0.1) is 5.54 Å². The normalized spacial score (nSPS) is 15.0. The molecule has 0 saturated heterocycles. The SMILES string of the molecule is CCN(C)C(C)(CC)C(C)(C)NC(=O)c1noc(CO)c1C. The highest BCUT2D eigenvalue weighted by Gasteiger charge is 2.43. The molecule has 0 bridgehead atoms. The van der Waals surface area contributed by atoms with E-state index >= 15 is 0 Å². The minimum Gasteiger partial charge on any atom is -0.388 e. The Labute approximate surface area is 132 Å². The number of aliphatic hydroxyl groups is 1. The van der Waals surface area contributed by atoms with Crippen molar-refractivity contribution in [3.05, 3.63) is 17.0 Å². The summed E-state index contributed by atoms with van der Waals surface area (Å²) >= 11 is 0. The lowest BCUT2D eigenvalue weighted by Crippen LogP contribution is -2.65. The molecule has 0 fully saturated rings. The first-order valence-corrected chi connectivity index (χ1v) is 7.74. The Kier molecular flexibility index (Phi) is 5.76. The molecule has 0 aromatic carbocycles. The summed E-state index contributed by atoms with van der Waals surface area (Å²) in [6.07, 6.45) is 0.893. The number of amides is 1. The quantitative estimate of drug-likeness (QED) is 0.806. The fourth-order valence-electron chi connectivity index (χ4n) is 2.74. The predicted molar refractivity (Wildman–Crippen MR) is 85.7 cm³/mol. The van der Waals surface area contributed by atoms with Crippen molar-refractivity contribution in [3.63, 3.8) is 0 Å². The molecule has 1 rings (SSSR count). The minimum absolute atomic E-state index is 0.200. The molecule has 1 amide bonds. The summed E-state index contributed by atoms with van der Waals surface area (Å²) in [5, 5.41) is 16.0. The Morgan fingerprint density at radius 3 is 2.36 bits per heavy atom.